The van der Waals surface area contributed by atoms with Gasteiger partial charge in [-0.15, -0.1) is 10.2 Å². The monoisotopic (exact) mass is 405 g/mol. The average molecular weight is 406 g/mol. The van der Waals surface area contributed by atoms with Gasteiger partial charge in [-0.05, 0) is 74.0 Å². The zero-order chi connectivity index (χ0) is 19.3. The molecule has 0 radical (unpaired) electrons. The van der Waals surface area contributed by atoms with E-state index in [2.05, 4.69) is 41.0 Å². The van der Waals surface area contributed by atoms with Gasteiger partial charge in [0.1, 0.15) is 11.6 Å². The van der Waals surface area contributed by atoms with Crippen LogP contribution in [0, 0.1) is 17.8 Å². The van der Waals surface area contributed by atoms with Gasteiger partial charge in [0.2, 0.25) is 0 Å². The van der Waals surface area contributed by atoms with Gasteiger partial charge in [-0.25, -0.2) is 0 Å². The highest BCUT2D eigenvalue weighted by Gasteiger charge is 2.54. The van der Waals surface area contributed by atoms with Crippen molar-refractivity contribution in [2.45, 2.75) is 61.4 Å². The first kappa shape index (κ1) is 17.8. The second kappa shape index (κ2) is 7.05. The number of rotatable bonds is 6. The van der Waals surface area contributed by atoms with Crippen molar-refractivity contribution in [1.29, 1.82) is 0 Å². The normalized spacial score (nSPS) is 30.1. The first-order valence-electron chi connectivity index (χ1n) is 10.9. The van der Waals surface area contributed by atoms with E-state index in [-0.39, 0.29) is 5.41 Å². The maximum Gasteiger partial charge on any atom is 0.191 e. The minimum absolute atomic E-state index is 0.236. The van der Waals surface area contributed by atoms with E-state index >= 15 is 0 Å². The van der Waals surface area contributed by atoms with Crippen LogP contribution in [0.15, 0.2) is 58.3 Å². The molecule has 0 unspecified atom stereocenters. The molecule has 0 atom stereocenters. The molecule has 0 amide bonds. The van der Waals surface area contributed by atoms with Crippen LogP contribution >= 0.6 is 11.8 Å². The number of aromatic nitrogens is 3. The molecule has 2 aromatic heterocycles. The Morgan fingerprint density at radius 1 is 0.931 bits per heavy atom. The summed E-state index contributed by atoms with van der Waals surface area (Å²) >= 11 is 1.79. The van der Waals surface area contributed by atoms with Gasteiger partial charge in [0.05, 0.1) is 12.8 Å². The van der Waals surface area contributed by atoms with Crippen LogP contribution in [0.4, 0.5) is 0 Å². The second-order valence-corrected chi connectivity index (χ2v) is 10.4. The van der Waals surface area contributed by atoms with Gasteiger partial charge in [-0.1, -0.05) is 42.1 Å². The lowest BCUT2D eigenvalue weighted by molar-refractivity contribution is -0.0113. The minimum Gasteiger partial charge on any atom is -0.467 e. The Hall–Kier alpha value is -2.01. The van der Waals surface area contributed by atoms with Gasteiger partial charge < -0.3 is 4.42 Å². The lowest BCUT2D eigenvalue weighted by Crippen LogP contribution is -2.49. The highest BCUT2D eigenvalue weighted by atomic mass is 32.2. The van der Waals surface area contributed by atoms with E-state index in [0.29, 0.717) is 0 Å². The molecular weight excluding hydrogens is 378 g/mol. The van der Waals surface area contributed by atoms with Crippen LogP contribution in [-0.4, -0.2) is 14.8 Å². The smallest absolute Gasteiger partial charge is 0.191 e. The summed E-state index contributed by atoms with van der Waals surface area (Å²) in [6, 6.07) is 14.7. The van der Waals surface area contributed by atoms with E-state index in [4.69, 9.17) is 14.6 Å². The van der Waals surface area contributed by atoms with E-state index in [9.17, 15) is 0 Å². The van der Waals surface area contributed by atoms with Gasteiger partial charge >= 0.3 is 0 Å². The molecule has 3 aromatic rings. The molecule has 0 aliphatic heterocycles. The fraction of sp³-hybridized carbons (Fsp3) is 0.500. The summed E-state index contributed by atoms with van der Waals surface area (Å²) in [7, 11) is 0. The third kappa shape index (κ3) is 3.24. The lowest BCUT2D eigenvalue weighted by atomic mass is 9.49. The minimum atomic E-state index is 0.236. The van der Waals surface area contributed by atoms with Gasteiger partial charge in [0, 0.05) is 11.2 Å². The first-order valence-corrected chi connectivity index (χ1v) is 11.9. The Labute approximate surface area is 176 Å². The van der Waals surface area contributed by atoms with Crippen LogP contribution in [0.1, 0.15) is 55.7 Å². The van der Waals surface area contributed by atoms with Crippen molar-refractivity contribution >= 4 is 11.8 Å². The molecule has 7 rings (SSSR count). The fourth-order valence-electron chi connectivity index (χ4n) is 6.60. The summed E-state index contributed by atoms with van der Waals surface area (Å²) < 4.78 is 8.09. The third-order valence-corrected chi connectivity index (χ3v) is 8.37. The molecule has 0 spiro atoms. The van der Waals surface area contributed by atoms with Crippen LogP contribution < -0.4 is 0 Å². The molecule has 29 heavy (non-hydrogen) atoms. The zero-order valence-electron chi connectivity index (χ0n) is 16.7. The number of thioether (sulfide) groups is 1. The molecule has 150 valence electrons. The number of hydrogen-bond donors (Lipinski definition) is 0. The largest absolute Gasteiger partial charge is 0.467 e. The van der Waals surface area contributed by atoms with E-state index < -0.39 is 0 Å². The van der Waals surface area contributed by atoms with Crippen LogP contribution in [-0.2, 0) is 17.7 Å². The molecule has 4 aliphatic rings. The SMILES string of the molecule is c1ccc(CSc2nnc(C34CC5CC(CC(C5)C3)C4)n2Cc2ccco2)cc1. The Balaban J connectivity index is 1.35. The van der Waals surface area contributed by atoms with Crippen molar-refractivity contribution in [2.24, 2.45) is 17.8 Å². The molecule has 4 bridgehead atoms. The molecule has 4 fully saturated rings. The number of benzene rings is 1. The Morgan fingerprint density at radius 3 is 2.31 bits per heavy atom. The van der Waals surface area contributed by atoms with Crippen LogP contribution in [0.2, 0.25) is 0 Å². The maximum absolute atomic E-state index is 5.71. The van der Waals surface area contributed by atoms with Crippen LogP contribution in [0.25, 0.3) is 0 Å². The van der Waals surface area contributed by atoms with Crippen molar-refractivity contribution in [3.05, 3.63) is 65.9 Å². The van der Waals surface area contributed by atoms with E-state index in [1.165, 1.54) is 49.9 Å². The Morgan fingerprint density at radius 2 is 1.66 bits per heavy atom. The van der Waals surface area contributed by atoms with Crippen molar-refractivity contribution in [3.8, 4) is 0 Å². The molecule has 4 saturated carbocycles. The first-order chi connectivity index (χ1) is 14.3. The summed E-state index contributed by atoms with van der Waals surface area (Å²) in [6.07, 6.45) is 10.0. The van der Waals surface area contributed by atoms with Crippen molar-refractivity contribution in [3.63, 3.8) is 0 Å². The lowest BCUT2D eigenvalue weighted by Gasteiger charge is -2.56. The summed E-state index contributed by atoms with van der Waals surface area (Å²) in [5.41, 5.74) is 1.56. The zero-order valence-corrected chi connectivity index (χ0v) is 17.5. The topological polar surface area (TPSA) is 43.9 Å². The van der Waals surface area contributed by atoms with Gasteiger partial charge in [-0.2, -0.15) is 0 Å². The predicted molar refractivity (Wildman–Crippen MR) is 114 cm³/mol. The quantitative estimate of drug-likeness (QED) is 0.495. The van der Waals surface area contributed by atoms with Crippen molar-refractivity contribution in [1.82, 2.24) is 14.8 Å². The van der Waals surface area contributed by atoms with E-state index in [0.717, 1.165) is 41.0 Å². The van der Waals surface area contributed by atoms with Gasteiger partial charge in [0.25, 0.3) is 0 Å². The van der Waals surface area contributed by atoms with E-state index in [1.54, 1.807) is 18.0 Å². The predicted octanol–water partition coefficient (Wildman–Crippen LogP) is 5.68. The summed E-state index contributed by atoms with van der Waals surface area (Å²) in [4.78, 5) is 0. The maximum atomic E-state index is 5.71. The Bertz CT molecular complexity index is 944. The molecule has 0 saturated heterocycles. The van der Waals surface area contributed by atoms with Crippen molar-refractivity contribution < 1.29 is 4.42 Å². The number of furan rings is 1. The summed E-state index contributed by atoms with van der Waals surface area (Å²) in [5, 5.41) is 10.6. The van der Waals surface area contributed by atoms with Gasteiger partial charge in [0.15, 0.2) is 5.16 Å². The highest BCUT2D eigenvalue weighted by molar-refractivity contribution is 7.98. The summed E-state index contributed by atoms with van der Waals surface area (Å²) in [5.74, 6) is 5.82. The van der Waals surface area contributed by atoms with Crippen LogP contribution in [0.5, 0.6) is 0 Å². The second-order valence-electron chi connectivity index (χ2n) is 9.44. The molecule has 4 aliphatic carbocycles. The molecule has 1 aromatic carbocycles. The fourth-order valence-corrected chi connectivity index (χ4v) is 7.49. The van der Waals surface area contributed by atoms with Crippen molar-refractivity contribution in [2.75, 3.05) is 0 Å². The summed E-state index contributed by atoms with van der Waals surface area (Å²) in [6.45, 7) is 0.730. The third-order valence-electron chi connectivity index (χ3n) is 7.33. The number of nitrogens with zero attached hydrogens (tertiary/aromatic N) is 3. The molecule has 4 nitrogen and oxygen atoms in total. The molecular formula is C24H27N3OS. The molecule has 5 heteroatoms. The van der Waals surface area contributed by atoms with Gasteiger partial charge in [-0.3, -0.25) is 4.57 Å². The molecule has 2 heterocycles. The Kier molecular flexibility index (Phi) is 4.33. The molecule has 0 N–H and O–H groups in total. The number of hydrogen-bond acceptors (Lipinski definition) is 4. The van der Waals surface area contributed by atoms with E-state index in [1.807, 2.05) is 6.07 Å². The highest BCUT2D eigenvalue weighted by Crippen LogP contribution is 2.60. The van der Waals surface area contributed by atoms with Crippen LogP contribution in [0.3, 0.4) is 0 Å². The average Bonchev–Trinajstić information content (AvgIpc) is 3.37. The standard InChI is InChI=1S/C24H27N3OS/c1-2-5-17(6-3-1)16-29-23-26-25-22(27(23)15-21-7-4-8-28-21)24-12-18-9-19(13-24)11-20(10-18)14-24/h1-8,18-20H,9-16H2.